The van der Waals surface area contributed by atoms with Crippen molar-refractivity contribution in [3.05, 3.63) is 39.1 Å². The van der Waals surface area contributed by atoms with Gasteiger partial charge >= 0.3 is 0 Å². The average molecular weight is 464 g/mol. The summed E-state index contributed by atoms with van der Waals surface area (Å²) in [5.74, 6) is -0.0554. The van der Waals surface area contributed by atoms with Crippen LogP contribution in [-0.4, -0.2) is 52.4 Å². The first kappa shape index (κ1) is 19.9. The topological polar surface area (TPSA) is 89.3 Å². The maximum atomic E-state index is 13.2. The standard InChI is InChI=1S/C20H21N3O4S3/c1-12-2-5-16(29-12)15-9-28-19-18(15)20(25)22(11-21-19)8-17(24)23(13-3-4-13)14-6-7-30(26,27)10-14/h2,5,9,11,13-14H,3-4,6-8,10H2,1H3. The minimum Gasteiger partial charge on any atom is -0.334 e. The Bertz CT molecular complexity index is 1300. The molecule has 3 aromatic rings. The maximum Gasteiger partial charge on any atom is 0.263 e. The molecule has 0 aromatic carbocycles. The van der Waals surface area contributed by atoms with E-state index in [1.807, 2.05) is 24.4 Å². The number of amides is 1. The highest BCUT2D eigenvalue weighted by Gasteiger charge is 2.42. The fourth-order valence-electron chi connectivity index (χ4n) is 4.12. The van der Waals surface area contributed by atoms with Gasteiger partial charge in [0.05, 0.1) is 23.2 Å². The monoisotopic (exact) mass is 463 g/mol. The number of nitrogens with zero attached hydrogens (tertiary/aromatic N) is 3. The Morgan fingerprint density at radius 3 is 2.70 bits per heavy atom. The SMILES string of the molecule is Cc1ccc(-c2csc3ncn(CC(=O)N(C4CC4)C4CCS(=O)(=O)C4)c(=O)c23)s1. The molecule has 1 saturated carbocycles. The van der Waals surface area contributed by atoms with E-state index in [0.717, 1.165) is 28.2 Å². The van der Waals surface area contributed by atoms with E-state index in [1.54, 1.807) is 16.2 Å². The van der Waals surface area contributed by atoms with Crippen molar-refractivity contribution >= 4 is 48.6 Å². The van der Waals surface area contributed by atoms with Crippen molar-refractivity contribution in [2.24, 2.45) is 0 Å². The highest BCUT2D eigenvalue weighted by atomic mass is 32.2. The van der Waals surface area contributed by atoms with Crippen LogP contribution in [0.2, 0.25) is 0 Å². The van der Waals surface area contributed by atoms with Gasteiger partial charge in [0.15, 0.2) is 9.84 Å². The van der Waals surface area contributed by atoms with E-state index in [2.05, 4.69) is 4.98 Å². The van der Waals surface area contributed by atoms with Gasteiger partial charge in [0.25, 0.3) is 5.56 Å². The summed E-state index contributed by atoms with van der Waals surface area (Å²) in [5, 5.41) is 2.48. The summed E-state index contributed by atoms with van der Waals surface area (Å²) in [4.78, 5) is 35.3. The number of thiophene rings is 2. The lowest BCUT2D eigenvalue weighted by molar-refractivity contribution is -0.134. The molecule has 0 radical (unpaired) electrons. The molecule has 1 atom stereocenters. The van der Waals surface area contributed by atoms with Gasteiger partial charge in [0, 0.05) is 32.8 Å². The largest absolute Gasteiger partial charge is 0.334 e. The summed E-state index contributed by atoms with van der Waals surface area (Å²) < 4.78 is 25.2. The molecule has 0 N–H and O–H groups in total. The Balaban J connectivity index is 1.47. The highest BCUT2D eigenvalue weighted by molar-refractivity contribution is 7.91. The molecule has 5 rings (SSSR count). The number of hydrogen-bond acceptors (Lipinski definition) is 7. The second-order valence-electron chi connectivity index (χ2n) is 8.01. The van der Waals surface area contributed by atoms with Crippen molar-refractivity contribution in [1.82, 2.24) is 14.5 Å². The zero-order chi connectivity index (χ0) is 21.0. The van der Waals surface area contributed by atoms with E-state index in [0.29, 0.717) is 16.6 Å². The van der Waals surface area contributed by atoms with Crippen LogP contribution in [0, 0.1) is 6.92 Å². The molecule has 158 valence electrons. The van der Waals surface area contributed by atoms with Gasteiger partial charge in [-0.25, -0.2) is 13.4 Å². The summed E-state index contributed by atoms with van der Waals surface area (Å²) in [7, 11) is -3.09. The first-order valence-electron chi connectivity index (χ1n) is 9.87. The van der Waals surface area contributed by atoms with Gasteiger partial charge in [0.1, 0.15) is 11.4 Å². The first-order valence-corrected chi connectivity index (χ1v) is 13.4. The van der Waals surface area contributed by atoms with Crippen LogP contribution in [0.25, 0.3) is 20.7 Å². The van der Waals surface area contributed by atoms with Crippen molar-refractivity contribution < 1.29 is 13.2 Å². The molecule has 4 heterocycles. The van der Waals surface area contributed by atoms with Crippen LogP contribution in [0.4, 0.5) is 0 Å². The van der Waals surface area contributed by atoms with Crippen molar-refractivity contribution in [3.8, 4) is 10.4 Å². The number of hydrogen-bond donors (Lipinski definition) is 0. The minimum atomic E-state index is -3.09. The number of sulfone groups is 1. The first-order chi connectivity index (χ1) is 14.3. The zero-order valence-corrected chi connectivity index (χ0v) is 18.9. The van der Waals surface area contributed by atoms with Crippen molar-refractivity contribution in [2.75, 3.05) is 11.5 Å². The normalized spacial score (nSPS) is 20.6. The van der Waals surface area contributed by atoms with E-state index >= 15 is 0 Å². The molecule has 30 heavy (non-hydrogen) atoms. The molecule has 1 aliphatic carbocycles. The molecule has 1 unspecified atom stereocenters. The zero-order valence-electron chi connectivity index (χ0n) is 16.4. The molecule has 1 aliphatic heterocycles. The predicted octanol–water partition coefficient (Wildman–Crippen LogP) is 2.67. The molecule has 0 spiro atoms. The molecular formula is C20H21N3O4S3. The summed E-state index contributed by atoms with van der Waals surface area (Å²) in [6, 6.07) is 3.83. The minimum absolute atomic E-state index is 0.0217. The predicted molar refractivity (Wildman–Crippen MR) is 119 cm³/mol. The molecule has 0 bridgehead atoms. The number of rotatable bonds is 5. The Morgan fingerprint density at radius 2 is 2.07 bits per heavy atom. The van der Waals surface area contributed by atoms with Gasteiger partial charge in [-0.2, -0.15) is 0 Å². The summed E-state index contributed by atoms with van der Waals surface area (Å²) in [6.45, 7) is 1.90. The van der Waals surface area contributed by atoms with Crippen LogP contribution in [0.1, 0.15) is 24.1 Å². The van der Waals surface area contributed by atoms with Gasteiger partial charge in [-0.15, -0.1) is 22.7 Å². The third-order valence-electron chi connectivity index (χ3n) is 5.70. The quantitative estimate of drug-likeness (QED) is 0.580. The number of aryl methyl sites for hydroxylation is 1. The number of aromatic nitrogens is 2. The van der Waals surface area contributed by atoms with E-state index < -0.39 is 9.84 Å². The molecule has 7 nitrogen and oxygen atoms in total. The van der Waals surface area contributed by atoms with Gasteiger partial charge in [-0.3, -0.25) is 14.2 Å². The summed E-state index contributed by atoms with van der Waals surface area (Å²) >= 11 is 3.04. The maximum absolute atomic E-state index is 13.2. The molecular weight excluding hydrogens is 442 g/mol. The smallest absolute Gasteiger partial charge is 0.263 e. The summed E-state index contributed by atoms with van der Waals surface area (Å²) in [6.07, 6.45) is 3.68. The fraction of sp³-hybridized carbons (Fsp3) is 0.450. The van der Waals surface area contributed by atoms with E-state index in [4.69, 9.17) is 0 Å². The molecule has 2 aliphatic rings. The Hall–Kier alpha value is -2.04. The summed E-state index contributed by atoms with van der Waals surface area (Å²) in [5.41, 5.74) is 0.624. The van der Waals surface area contributed by atoms with Crippen LogP contribution in [-0.2, 0) is 21.2 Å². The van der Waals surface area contributed by atoms with E-state index in [-0.39, 0.29) is 41.6 Å². The van der Waals surface area contributed by atoms with Crippen LogP contribution < -0.4 is 5.56 Å². The Labute approximate surface area is 181 Å². The number of carbonyl (C=O) groups is 1. The Morgan fingerprint density at radius 1 is 1.27 bits per heavy atom. The average Bonchev–Trinajstić information content (AvgIpc) is 3.09. The second-order valence-corrected chi connectivity index (χ2v) is 12.4. The van der Waals surface area contributed by atoms with Gasteiger partial charge < -0.3 is 4.90 Å². The van der Waals surface area contributed by atoms with Gasteiger partial charge in [-0.05, 0) is 38.3 Å². The third kappa shape index (κ3) is 3.61. The van der Waals surface area contributed by atoms with Crippen LogP contribution in [0.3, 0.4) is 0 Å². The molecule has 2 fully saturated rings. The van der Waals surface area contributed by atoms with Crippen molar-refractivity contribution in [2.45, 2.75) is 44.8 Å². The van der Waals surface area contributed by atoms with E-state index in [1.165, 1.54) is 22.2 Å². The lowest BCUT2D eigenvalue weighted by atomic mass is 10.2. The van der Waals surface area contributed by atoms with E-state index in [9.17, 15) is 18.0 Å². The lowest BCUT2D eigenvalue weighted by Gasteiger charge is -2.28. The second kappa shape index (κ2) is 7.28. The molecule has 10 heteroatoms. The van der Waals surface area contributed by atoms with Gasteiger partial charge in [-0.1, -0.05) is 0 Å². The van der Waals surface area contributed by atoms with Crippen LogP contribution >= 0.6 is 22.7 Å². The fourth-order valence-corrected chi connectivity index (χ4v) is 7.69. The van der Waals surface area contributed by atoms with Crippen molar-refractivity contribution in [3.63, 3.8) is 0 Å². The van der Waals surface area contributed by atoms with Crippen LogP contribution in [0.15, 0.2) is 28.6 Å². The van der Waals surface area contributed by atoms with Crippen LogP contribution in [0.5, 0.6) is 0 Å². The Kier molecular flexibility index (Phi) is 4.83. The number of carbonyl (C=O) groups excluding carboxylic acids is 1. The third-order valence-corrected chi connectivity index (χ3v) is 9.37. The lowest BCUT2D eigenvalue weighted by Crippen LogP contribution is -2.45. The highest BCUT2D eigenvalue weighted by Crippen LogP contribution is 2.35. The molecule has 1 amide bonds. The van der Waals surface area contributed by atoms with Crippen molar-refractivity contribution in [1.29, 1.82) is 0 Å². The molecule has 1 saturated heterocycles. The van der Waals surface area contributed by atoms with Gasteiger partial charge in [0.2, 0.25) is 5.91 Å². The molecule has 3 aromatic heterocycles. The number of fused-ring (bicyclic) bond motifs is 1.